The van der Waals surface area contributed by atoms with Crippen molar-refractivity contribution in [2.24, 2.45) is 23.5 Å². The van der Waals surface area contributed by atoms with E-state index in [1.165, 1.54) is 32.1 Å². The first kappa shape index (κ1) is 16.5. The molecule has 2 saturated carbocycles. The van der Waals surface area contributed by atoms with E-state index >= 15 is 0 Å². The average molecular weight is 353 g/mol. The highest BCUT2D eigenvalue weighted by Crippen LogP contribution is 2.54. The van der Waals surface area contributed by atoms with Gasteiger partial charge < -0.3 is 10.5 Å². The first-order valence-corrected chi connectivity index (χ1v) is 9.88. The minimum absolute atomic E-state index is 0.317. The number of rotatable bonds is 4. The van der Waals surface area contributed by atoms with Crippen LogP contribution in [0.15, 0.2) is 30.0 Å². The minimum Gasteiger partial charge on any atom is -0.373 e. The molecule has 0 aromatic carbocycles. The van der Waals surface area contributed by atoms with Gasteiger partial charge in [0.15, 0.2) is 0 Å². The number of likely N-dealkylation sites (tertiary alicyclic amines) is 1. The molecule has 5 rings (SSSR count). The predicted molar refractivity (Wildman–Crippen MR) is 98.4 cm³/mol. The fourth-order valence-corrected chi connectivity index (χ4v) is 6.07. The van der Waals surface area contributed by atoms with Crippen LogP contribution in [-0.4, -0.2) is 42.0 Å². The number of pyridine rings is 1. The van der Waals surface area contributed by atoms with Crippen molar-refractivity contribution >= 4 is 5.91 Å². The number of piperidine rings is 1. The highest BCUT2D eigenvalue weighted by atomic mass is 16.5. The van der Waals surface area contributed by atoms with E-state index in [9.17, 15) is 4.79 Å². The minimum atomic E-state index is -0.473. The molecular formula is C21H27N3O2. The first-order chi connectivity index (χ1) is 12.6. The van der Waals surface area contributed by atoms with Crippen LogP contribution in [-0.2, 0) is 10.3 Å². The molecule has 4 atom stereocenters. The molecule has 2 N–H and O–H groups in total. The van der Waals surface area contributed by atoms with Gasteiger partial charge >= 0.3 is 0 Å². The van der Waals surface area contributed by atoms with Crippen molar-refractivity contribution in [1.82, 2.24) is 9.88 Å². The summed E-state index contributed by atoms with van der Waals surface area (Å²) in [5.41, 5.74) is 8.26. The van der Waals surface area contributed by atoms with Crippen molar-refractivity contribution in [2.45, 2.75) is 43.7 Å². The molecule has 26 heavy (non-hydrogen) atoms. The number of ether oxygens (including phenoxy) is 1. The van der Waals surface area contributed by atoms with Gasteiger partial charge in [-0.1, -0.05) is 18.1 Å². The van der Waals surface area contributed by atoms with Crippen molar-refractivity contribution in [3.63, 3.8) is 0 Å². The Bertz CT molecular complexity index is 760. The number of aromatic nitrogens is 1. The van der Waals surface area contributed by atoms with Crippen molar-refractivity contribution in [1.29, 1.82) is 0 Å². The summed E-state index contributed by atoms with van der Waals surface area (Å²) in [5, 5.41) is 0. The van der Waals surface area contributed by atoms with Gasteiger partial charge in [0.25, 0.3) is 5.91 Å². The summed E-state index contributed by atoms with van der Waals surface area (Å²) in [6.45, 7) is 2.17. The Hall–Kier alpha value is -1.72. The van der Waals surface area contributed by atoms with Crippen LogP contribution in [0.3, 0.4) is 0 Å². The average Bonchev–Trinajstić information content (AvgIpc) is 3.25. The Morgan fingerprint density at radius 2 is 2.12 bits per heavy atom. The van der Waals surface area contributed by atoms with Crippen molar-refractivity contribution in [3.8, 4) is 0 Å². The van der Waals surface area contributed by atoms with Crippen LogP contribution < -0.4 is 5.73 Å². The molecule has 0 spiro atoms. The molecule has 0 radical (unpaired) electrons. The van der Waals surface area contributed by atoms with Crippen molar-refractivity contribution < 1.29 is 9.53 Å². The van der Waals surface area contributed by atoms with Gasteiger partial charge in [0.1, 0.15) is 11.3 Å². The van der Waals surface area contributed by atoms with E-state index in [1.54, 1.807) is 11.8 Å². The van der Waals surface area contributed by atoms with Crippen LogP contribution in [0.1, 0.15) is 48.2 Å². The molecule has 1 aromatic heterocycles. The zero-order valence-corrected chi connectivity index (χ0v) is 15.4. The number of fused-ring (bicyclic) bond motifs is 3. The Kier molecular flexibility index (Phi) is 3.73. The summed E-state index contributed by atoms with van der Waals surface area (Å²) in [7, 11) is 1.83. The molecule has 5 heteroatoms. The van der Waals surface area contributed by atoms with E-state index in [-0.39, 0.29) is 5.60 Å². The molecule has 3 fully saturated rings. The second-order valence-electron chi connectivity index (χ2n) is 8.51. The largest absolute Gasteiger partial charge is 0.373 e. The molecule has 2 unspecified atom stereocenters. The van der Waals surface area contributed by atoms with Gasteiger partial charge in [0, 0.05) is 44.3 Å². The fraction of sp³-hybridized carbons (Fsp3) is 0.619. The topological polar surface area (TPSA) is 68.5 Å². The highest BCUT2D eigenvalue weighted by Gasteiger charge is 2.55. The van der Waals surface area contributed by atoms with Crippen LogP contribution >= 0.6 is 0 Å². The lowest BCUT2D eigenvalue weighted by molar-refractivity contribution is -0.174. The van der Waals surface area contributed by atoms with Crippen LogP contribution in [0.5, 0.6) is 0 Å². The maximum Gasteiger partial charge on any atom is 0.267 e. The van der Waals surface area contributed by atoms with E-state index in [0.717, 1.165) is 30.6 Å². The fourth-order valence-electron chi connectivity index (χ4n) is 6.07. The number of carbonyl (C=O) groups excluding carboxylic acids is 1. The van der Waals surface area contributed by atoms with E-state index in [0.29, 0.717) is 17.5 Å². The smallest absolute Gasteiger partial charge is 0.267 e. The van der Waals surface area contributed by atoms with Crippen molar-refractivity contribution in [3.05, 3.63) is 41.2 Å². The zero-order valence-electron chi connectivity index (χ0n) is 15.4. The molecule has 2 bridgehead atoms. The van der Waals surface area contributed by atoms with E-state index in [1.807, 2.05) is 19.2 Å². The predicted octanol–water partition coefficient (Wildman–Crippen LogP) is 2.47. The second-order valence-corrected chi connectivity index (χ2v) is 8.51. The van der Waals surface area contributed by atoms with Gasteiger partial charge in [-0.15, -0.1) is 0 Å². The summed E-state index contributed by atoms with van der Waals surface area (Å²) in [5.74, 6) is 1.24. The van der Waals surface area contributed by atoms with Gasteiger partial charge in [0.05, 0.1) is 0 Å². The number of nitrogens with two attached hydrogens (primary N) is 1. The third kappa shape index (κ3) is 2.37. The summed E-state index contributed by atoms with van der Waals surface area (Å²) in [6.07, 6.45) is 10.3. The van der Waals surface area contributed by atoms with Gasteiger partial charge in [-0.3, -0.25) is 14.7 Å². The lowest BCUT2D eigenvalue weighted by Gasteiger charge is -2.56. The molecule has 1 aliphatic heterocycles. The molecule has 1 aromatic rings. The van der Waals surface area contributed by atoms with E-state index < -0.39 is 5.91 Å². The Morgan fingerprint density at radius 1 is 1.35 bits per heavy atom. The maximum atomic E-state index is 11.6. The maximum absolute atomic E-state index is 11.6. The third-order valence-corrected chi connectivity index (χ3v) is 7.33. The zero-order chi connectivity index (χ0) is 17.9. The van der Waals surface area contributed by atoms with E-state index in [2.05, 4.69) is 16.0 Å². The van der Waals surface area contributed by atoms with Crippen LogP contribution in [0.4, 0.5) is 0 Å². The lowest BCUT2D eigenvalue weighted by Crippen LogP contribution is -2.60. The summed E-state index contributed by atoms with van der Waals surface area (Å²) in [4.78, 5) is 18.5. The number of hydrogen-bond acceptors (Lipinski definition) is 4. The number of amides is 1. The highest BCUT2D eigenvalue weighted by molar-refractivity contribution is 5.90. The summed E-state index contributed by atoms with van der Waals surface area (Å²) < 4.78 is 6.29. The van der Waals surface area contributed by atoms with E-state index in [4.69, 9.17) is 10.5 Å². The molecular weight excluding hydrogens is 326 g/mol. The van der Waals surface area contributed by atoms with Crippen molar-refractivity contribution in [2.75, 3.05) is 20.2 Å². The van der Waals surface area contributed by atoms with Gasteiger partial charge in [0.2, 0.25) is 0 Å². The number of primary amides is 1. The molecule has 5 nitrogen and oxygen atoms in total. The molecule has 1 saturated heterocycles. The third-order valence-electron chi connectivity index (χ3n) is 7.33. The van der Waals surface area contributed by atoms with Gasteiger partial charge in [-0.05, 0) is 49.3 Å². The lowest BCUT2D eigenvalue weighted by atomic mass is 9.62. The number of hydrogen-bond donors (Lipinski definition) is 1. The normalized spacial score (nSPS) is 38.6. The quantitative estimate of drug-likeness (QED) is 0.845. The molecule has 138 valence electrons. The Labute approximate surface area is 154 Å². The molecule has 3 aliphatic carbocycles. The Balaban J connectivity index is 1.47. The number of allylic oxidation sites excluding steroid dienone is 1. The second kappa shape index (κ2) is 5.89. The SMILES string of the molecule is COC1(c2ccnc(C(N)=O)c2)C2CCCC1CN([C@@H]1CC3=C[C@@H]3C1)C2. The van der Waals surface area contributed by atoms with Crippen LogP contribution in [0.2, 0.25) is 0 Å². The summed E-state index contributed by atoms with van der Waals surface area (Å²) in [6, 6.07) is 4.60. The van der Waals surface area contributed by atoms with Crippen LogP contribution in [0, 0.1) is 17.8 Å². The monoisotopic (exact) mass is 353 g/mol. The number of nitrogens with zero attached hydrogens (tertiary/aromatic N) is 2. The summed E-state index contributed by atoms with van der Waals surface area (Å²) >= 11 is 0. The van der Waals surface area contributed by atoms with Crippen LogP contribution in [0.25, 0.3) is 0 Å². The molecule has 2 heterocycles. The number of carbonyl (C=O) groups is 1. The Morgan fingerprint density at radius 3 is 2.73 bits per heavy atom. The molecule has 4 aliphatic rings. The molecule has 1 amide bonds. The van der Waals surface area contributed by atoms with Gasteiger partial charge in [-0.2, -0.15) is 0 Å². The standard InChI is InChI=1S/C21H27N3O2/c1-26-21(15-5-6-23-19(10-15)20(22)25)16-3-2-4-17(21)12-24(11-16)18-8-13-7-14(13)9-18/h5-7,10,13,16-18H,2-4,8-9,11-12H2,1H3,(H2,22,25)/t13-,16?,17?,18+,21?/m1/s1. The first-order valence-electron chi connectivity index (χ1n) is 9.88. The number of methoxy groups -OCH3 is 1. The van der Waals surface area contributed by atoms with Gasteiger partial charge in [-0.25, -0.2) is 0 Å².